The number of fused-ring (bicyclic) bond motifs is 1. The highest BCUT2D eigenvalue weighted by molar-refractivity contribution is 5.80. The average molecular weight is 230 g/mol. The van der Waals surface area contributed by atoms with Gasteiger partial charge >= 0.3 is 0 Å². The molecule has 2 rings (SSSR count). The molecule has 3 heteroatoms. The summed E-state index contributed by atoms with van der Waals surface area (Å²) in [5.41, 5.74) is 0.854. The van der Waals surface area contributed by atoms with Gasteiger partial charge in [0.2, 0.25) is 0 Å². The zero-order valence-electron chi connectivity index (χ0n) is 10.3. The molecule has 0 aliphatic heterocycles. The highest BCUT2D eigenvalue weighted by Gasteiger charge is 2.15. The number of pyridine rings is 1. The van der Waals surface area contributed by atoms with Crippen molar-refractivity contribution in [3.05, 3.63) is 36.4 Å². The number of aliphatic hydroxyl groups excluding tert-OH is 1. The second-order valence-electron chi connectivity index (χ2n) is 5.07. The van der Waals surface area contributed by atoms with E-state index in [1.165, 1.54) is 0 Å². The maximum atomic E-state index is 9.18. The number of nitrogens with zero attached hydrogens (tertiary/aromatic N) is 1. The molecule has 90 valence electrons. The monoisotopic (exact) mass is 230 g/mol. The first-order chi connectivity index (χ1) is 8.11. The number of nitrogens with one attached hydrogen (secondary N) is 1. The molecule has 0 bridgehead atoms. The third-order valence-electron chi connectivity index (χ3n) is 2.77. The third-order valence-corrected chi connectivity index (χ3v) is 2.77. The van der Waals surface area contributed by atoms with Crippen molar-refractivity contribution >= 4 is 16.7 Å². The summed E-state index contributed by atoms with van der Waals surface area (Å²) in [6.07, 6.45) is 0. The second-order valence-corrected chi connectivity index (χ2v) is 5.07. The Kier molecular flexibility index (Phi) is 3.29. The lowest BCUT2D eigenvalue weighted by Crippen LogP contribution is -2.27. The van der Waals surface area contributed by atoms with Gasteiger partial charge in [0.05, 0.1) is 5.52 Å². The van der Waals surface area contributed by atoms with Crippen LogP contribution in [-0.4, -0.2) is 23.2 Å². The fourth-order valence-electron chi connectivity index (χ4n) is 1.55. The fraction of sp³-hybridized carbons (Fsp3) is 0.357. The predicted molar refractivity (Wildman–Crippen MR) is 71.1 cm³/mol. The van der Waals surface area contributed by atoms with E-state index >= 15 is 0 Å². The van der Waals surface area contributed by atoms with Gasteiger partial charge in [0, 0.05) is 24.0 Å². The van der Waals surface area contributed by atoms with Crippen LogP contribution in [0.2, 0.25) is 0 Å². The van der Waals surface area contributed by atoms with Gasteiger partial charge in [-0.25, -0.2) is 4.98 Å². The molecule has 0 unspecified atom stereocenters. The molecular formula is C14H18N2O. The molecule has 17 heavy (non-hydrogen) atoms. The molecule has 0 aliphatic carbocycles. The van der Waals surface area contributed by atoms with Crippen LogP contribution in [0, 0.1) is 5.41 Å². The fourth-order valence-corrected chi connectivity index (χ4v) is 1.55. The van der Waals surface area contributed by atoms with E-state index < -0.39 is 0 Å². The van der Waals surface area contributed by atoms with Crippen LogP contribution in [0.15, 0.2) is 36.4 Å². The molecule has 1 aromatic heterocycles. The molecule has 2 aromatic rings. The number of rotatable bonds is 4. The Balaban J connectivity index is 2.14. The molecule has 3 nitrogen and oxygen atoms in total. The lowest BCUT2D eigenvalue weighted by Gasteiger charge is -2.22. The third kappa shape index (κ3) is 2.94. The number of aromatic nitrogens is 1. The van der Waals surface area contributed by atoms with Gasteiger partial charge in [-0.1, -0.05) is 32.0 Å². The van der Waals surface area contributed by atoms with Gasteiger partial charge in [-0.05, 0) is 18.2 Å². The van der Waals surface area contributed by atoms with Crippen LogP contribution in [0.5, 0.6) is 0 Å². The maximum Gasteiger partial charge on any atom is 0.126 e. The number of para-hydroxylation sites is 1. The zero-order chi connectivity index (χ0) is 12.3. The van der Waals surface area contributed by atoms with Gasteiger partial charge in [-0.2, -0.15) is 0 Å². The quantitative estimate of drug-likeness (QED) is 0.848. The number of hydrogen-bond donors (Lipinski definition) is 2. The summed E-state index contributed by atoms with van der Waals surface area (Å²) < 4.78 is 0. The Morgan fingerprint density at radius 1 is 1.18 bits per heavy atom. The van der Waals surface area contributed by atoms with Crippen LogP contribution in [0.4, 0.5) is 5.82 Å². The normalized spacial score (nSPS) is 11.7. The lowest BCUT2D eigenvalue weighted by molar-refractivity contribution is 0.170. The Labute approximate surface area is 102 Å². The lowest BCUT2D eigenvalue weighted by atomic mass is 9.95. The molecule has 1 aromatic carbocycles. The van der Waals surface area contributed by atoms with E-state index in [4.69, 9.17) is 0 Å². The number of aliphatic hydroxyl groups is 1. The smallest absolute Gasteiger partial charge is 0.126 e. The van der Waals surface area contributed by atoms with Crippen molar-refractivity contribution in [3.63, 3.8) is 0 Å². The average Bonchev–Trinajstić information content (AvgIpc) is 2.36. The molecule has 0 spiro atoms. The number of hydrogen-bond acceptors (Lipinski definition) is 3. The summed E-state index contributed by atoms with van der Waals surface area (Å²) in [5, 5.41) is 13.6. The Morgan fingerprint density at radius 2 is 1.94 bits per heavy atom. The molecule has 0 radical (unpaired) electrons. The number of benzene rings is 1. The first-order valence-corrected chi connectivity index (χ1v) is 5.81. The Morgan fingerprint density at radius 3 is 2.71 bits per heavy atom. The molecule has 0 fully saturated rings. The molecule has 0 atom stereocenters. The van der Waals surface area contributed by atoms with E-state index in [1.54, 1.807) is 0 Å². The van der Waals surface area contributed by atoms with Gasteiger partial charge in [0.1, 0.15) is 5.82 Å². The molecule has 0 saturated carbocycles. The van der Waals surface area contributed by atoms with Crippen LogP contribution in [0.1, 0.15) is 13.8 Å². The molecular weight excluding hydrogens is 212 g/mol. The minimum absolute atomic E-state index is 0.132. The van der Waals surface area contributed by atoms with Gasteiger partial charge in [-0.3, -0.25) is 0 Å². The maximum absolute atomic E-state index is 9.18. The van der Waals surface area contributed by atoms with Crippen molar-refractivity contribution in [1.29, 1.82) is 0 Å². The van der Waals surface area contributed by atoms with Gasteiger partial charge in [-0.15, -0.1) is 0 Å². The first kappa shape index (κ1) is 11.9. The first-order valence-electron chi connectivity index (χ1n) is 5.81. The largest absolute Gasteiger partial charge is 0.396 e. The minimum Gasteiger partial charge on any atom is -0.396 e. The molecule has 2 N–H and O–H groups in total. The van der Waals surface area contributed by atoms with E-state index in [0.29, 0.717) is 6.54 Å². The van der Waals surface area contributed by atoms with Crippen LogP contribution < -0.4 is 5.32 Å². The van der Waals surface area contributed by atoms with Gasteiger partial charge in [0.25, 0.3) is 0 Å². The van der Waals surface area contributed by atoms with Crippen LogP contribution >= 0.6 is 0 Å². The van der Waals surface area contributed by atoms with Crippen molar-refractivity contribution in [1.82, 2.24) is 4.98 Å². The van der Waals surface area contributed by atoms with E-state index in [2.05, 4.69) is 16.4 Å². The minimum atomic E-state index is -0.132. The number of anilines is 1. The van der Waals surface area contributed by atoms with Crippen LogP contribution in [0.3, 0.4) is 0 Å². The summed E-state index contributed by atoms with van der Waals surface area (Å²) in [5.74, 6) is 0.852. The summed E-state index contributed by atoms with van der Waals surface area (Å²) >= 11 is 0. The zero-order valence-corrected chi connectivity index (χ0v) is 10.3. The van der Waals surface area contributed by atoms with Crippen molar-refractivity contribution in [2.45, 2.75) is 13.8 Å². The van der Waals surface area contributed by atoms with Crippen LogP contribution in [-0.2, 0) is 0 Å². The standard InChI is InChI=1S/C14H18N2O/c1-14(2,10-17)9-15-13-8-7-11-5-3-4-6-12(11)16-13/h3-8,17H,9-10H2,1-2H3,(H,15,16). The van der Waals surface area contributed by atoms with Gasteiger partial charge < -0.3 is 10.4 Å². The van der Waals surface area contributed by atoms with Crippen molar-refractivity contribution < 1.29 is 5.11 Å². The van der Waals surface area contributed by atoms with Gasteiger partial charge in [0.15, 0.2) is 0 Å². The van der Waals surface area contributed by atoms with Crippen molar-refractivity contribution in [3.8, 4) is 0 Å². The van der Waals surface area contributed by atoms with Crippen LogP contribution in [0.25, 0.3) is 10.9 Å². The molecule has 0 amide bonds. The van der Waals surface area contributed by atoms with Crippen molar-refractivity contribution in [2.75, 3.05) is 18.5 Å². The van der Waals surface area contributed by atoms with E-state index in [9.17, 15) is 5.11 Å². The van der Waals surface area contributed by atoms with E-state index in [1.807, 2.05) is 44.2 Å². The molecule has 0 saturated heterocycles. The summed E-state index contributed by atoms with van der Waals surface area (Å²) in [4.78, 5) is 4.52. The SMILES string of the molecule is CC(C)(CO)CNc1ccc2ccccc2n1. The molecule has 1 heterocycles. The topological polar surface area (TPSA) is 45.1 Å². The predicted octanol–water partition coefficient (Wildman–Crippen LogP) is 2.67. The van der Waals surface area contributed by atoms with E-state index in [-0.39, 0.29) is 12.0 Å². The Hall–Kier alpha value is -1.61. The Bertz CT molecular complexity index is 508. The summed E-state index contributed by atoms with van der Waals surface area (Å²) in [6.45, 7) is 4.89. The highest BCUT2D eigenvalue weighted by Crippen LogP contribution is 2.17. The van der Waals surface area contributed by atoms with Crippen molar-refractivity contribution in [2.24, 2.45) is 5.41 Å². The second kappa shape index (κ2) is 4.72. The van der Waals surface area contributed by atoms with E-state index in [0.717, 1.165) is 16.7 Å². The summed E-state index contributed by atoms with van der Waals surface area (Å²) in [7, 11) is 0. The molecule has 0 aliphatic rings. The highest BCUT2D eigenvalue weighted by atomic mass is 16.3. The summed E-state index contributed by atoms with van der Waals surface area (Å²) in [6, 6.07) is 12.1.